The van der Waals surface area contributed by atoms with Gasteiger partial charge in [0.1, 0.15) is 23.9 Å². The average molecular weight is 540 g/mol. The molecule has 0 atom stereocenters. The van der Waals surface area contributed by atoms with Crippen molar-refractivity contribution in [2.45, 2.75) is 46.8 Å². The number of anilines is 1. The average Bonchev–Trinajstić information content (AvgIpc) is 2.92. The monoisotopic (exact) mass is 539 g/mol. The highest BCUT2D eigenvalue weighted by atomic mass is 19.1. The van der Waals surface area contributed by atoms with Crippen LogP contribution in [0.3, 0.4) is 0 Å². The summed E-state index contributed by atoms with van der Waals surface area (Å²) < 4.78 is 26.1. The van der Waals surface area contributed by atoms with Gasteiger partial charge in [0.25, 0.3) is 0 Å². The van der Waals surface area contributed by atoms with Crippen LogP contribution in [0, 0.1) is 19.7 Å². The molecule has 0 saturated heterocycles. The number of fused-ring (bicyclic) bond motifs is 1. The van der Waals surface area contributed by atoms with E-state index < -0.39 is 0 Å². The first-order chi connectivity index (χ1) is 19.1. The summed E-state index contributed by atoms with van der Waals surface area (Å²) in [4.78, 5) is 11.2. The summed E-state index contributed by atoms with van der Waals surface area (Å²) in [6, 6.07) is 22.0. The lowest BCUT2D eigenvalue weighted by Crippen LogP contribution is -2.32. The Morgan fingerprint density at radius 1 is 0.775 bits per heavy atom. The standard InChI is InChI=1S/C34H34FNO4/c1-21-9-7-8-10-30(21)40-39-25-13-14-27(32(18-25)37-6)26-15-16-29-33(23(3)19-34(4,5)36-29)28(26)20-38-31-17-24(35)12-11-22(31)2/h7-19,36H,20H2,1-6H3. The fourth-order valence-corrected chi connectivity index (χ4v) is 5.17. The van der Waals surface area contributed by atoms with Crippen molar-refractivity contribution < 1.29 is 23.6 Å². The van der Waals surface area contributed by atoms with E-state index in [1.165, 1.54) is 12.1 Å². The minimum Gasteiger partial charge on any atom is -0.496 e. The topological polar surface area (TPSA) is 49.0 Å². The van der Waals surface area contributed by atoms with Gasteiger partial charge in [-0.15, -0.1) is 0 Å². The molecule has 40 heavy (non-hydrogen) atoms. The highest BCUT2D eigenvalue weighted by molar-refractivity contribution is 5.88. The van der Waals surface area contributed by atoms with Crippen LogP contribution in [-0.2, 0) is 6.61 Å². The van der Waals surface area contributed by atoms with Gasteiger partial charge in [-0.1, -0.05) is 36.4 Å². The van der Waals surface area contributed by atoms with Crippen LogP contribution >= 0.6 is 0 Å². The maximum Gasteiger partial charge on any atom is 0.182 e. The summed E-state index contributed by atoms with van der Waals surface area (Å²) in [6.07, 6.45) is 2.22. The van der Waals surface area contributed by atoms with Gasteiger partial charge >= 0.3 is 0 Å². The third-order valence-electron chi connectivity index (χ3n) is 7.05. The number of hydrogen-bond acceptors (Lipinski definition) is 5. The second-order valence-corrected chi connectivity index (χ2v) is 10.7. The highest BCUT2D eigenvalue weighted by Crippen LogP contribution is 2.43. The summed E-state index contributed by atoms with van der Waals surface area (Å²) in [5.74, 6) is 1.96. The van der Waals surface area contributed by atoms with E-state index in [1.807, 2.05) is 50.2 Å². The van der Waals surface area contributed by atoms with Gasteiger partial charge < -0.3 is 14.8 Å². The number of benzene rings is 4. The number of hydrogen-bond donors (Lipinski definition) is 1. The molecular formula is C34H34FNO4. The first-order valence-corrected chi connectivity index (χ1v) is 13.3. The van der Waals surface area contributed by atoms with Crippen molar-refractivity contribution in [3.05, 3.63) is 107 Å². The number of rotatable bonds is 8. The van der Waals surface area contributed by atoms with Crippen molar-refractivity contribution in [3.63, 3.8) is 0 Å². The first-order valence-electron chi connectivity index (χ1n) is 13.3. The van der Waals surface area contributed by atoms with E-state index in [0.29, 0.717) is 23.0 Å². The van der Waals surface area contributed by atoms with Gasteiger partial charge in [-0.25, -0.2) is 4.39 Å². The van der Waals surface area contributed by atoms with Crippen LogP contribution in [-0.4, -0.2) is 12.6 Å². The lowest BCUT2D eigenvalue weighted by Gasteiger charge is -2.33. The zero-order chi connectivity index (χ0) is 28.4. The van der Waals surface area contributed by atoms with Crippen LogP contribution in [0.15, 0.2) is 78.9 Å². The predicted octanol–water partition coefficient (Wildman–Crippen LogP) is 8.68. The number of aryl methyl sites for hydroxylation is 2. The third-order valence-corrected chi connectivity index (χ3v) is 7.05. The van der Waals surface area contributed by atoms with Crippen molar-refractivity contribution in [3.8, 4) is 34.1 Å². The lowest BCUT2D eigenvalue weighted by atomic mass is 9.85. The Bertz CT molecular complexity index is 1590. The summed E-state index contributed by atoms with van der Waals surface area (Å²) >= 11 is 0. The number of allylic oxidation sites excluding steroid dienone is 1. The van der Waals surface area contributed by atoms with Crippen LogP contribution in [0.25, 0.3) is 16.7 Å². The Morgan fingerprint density at radius 3 is 2.30 bits per heavy atom. The Kier molecular flexibility index (Phi) is 7.44. The molecule has 5 nitrogen and oxygen atoms in total. The molecule has 1 aliphatic rings. The number of ether oxygens (including phenoxy) is 2. The molecular weight excluding hydrogens is 505 g/mol. The zero-order valence-corrected chi connectivity index (χ0v) is 23.7. The second-order valence-electron chi connectivity index (χ2n) is 10.7. The van der Waals surface area contributed by atoms with Gasteiger partial charge in [0, 0.05) is 34.5 Å². The fraction of sp³-hybridized carbons (Fsp3) is 0.235. The summed E-state index contributed by atoms with van der Waals surface area (Å²) in [5, 5.41) is 3.62. The minimum absolute atomic E-state index is 0.191. The van der Waals surface area contributed by atoms with Crippen LogP contribution in [0.1, 0.15) is 43.0 Å². The van der Waals surface area contributed by atoms with E-state index in [0.717, 1.165) is 44.6 Å². The maximum absolute atomic E-state index is 14.0. The summed E-state index contributed by atoms with van der Waals surface area (Å²) in [5.41, 5.74) is 7.67. The Balaban J connectivity index is 1.54. The van der Waals surface area contributed by atoms with E-state index >= 15 is 0 Å². The number of methoxy groups -OCH3 is 1. The van der Waals surface area contributed by atoms with Crippen LogP contribution in [0.5, 0.6) is 23.0 Å². The summed E-state index contributed by atoms with van der Waals surface area (Å²) in [7, 11) is 1.63. The molecule has 0 amide bonds. The van der Waals surface area contributed by atoms with Gasteiger partial charge in [0.2, 0.25) is 0 Å². The molecule has 0 radical (unpaired) electrons. The number of para-hydroxylation sites is 1. The Hall–Kier alpha value is -4.45. The smallest absolute Gasteiger partial charge is 0.182 e. The minimum atomic E-state index is -0.333. The molecule has 1 aliphatic heterocycles. The largest absolute Gasteiger partial charge is 0.496 e. The molecule has 0 spiro atoms. The fourth-order valence-electron chi connectivity index (χ4n) is 5.17. The van der Waals surface area contributed by atoms with E-state index in [9.17, 15) is 4.39 Å². The van der Waals surface area contributed by atoms with E-state index in [2.05, 4.69) is 44.3 Å². The van der Waals surface area contributed by atoms with E-state index in [4.69, 9.17) is 19.2 Å². The number of nitrogens with one attached hydrogen (secondary N) is 1. The molecule has 4 aromatic carbocycles. The van der Waals surface area contributed by atoms with E-state index in [1.54, 1.807) is 19.2 Å². The second kappa shape index (κ2) is 11.0. The van der Waals surface area contributed by atoms with E-state index in [-0.39, 0.29) is 18.0 Å². The van der Waals surface area contributed by atoms with Crippen molar-refractivity contribution in [1.82, 2.24) is 0 Å². The Morgan fingerprint density at radius 2 is 1.52 bits per heavy atom. The predicted molar refractivity (Wildman–Crippen MR) is 158 cm³/mol. The van der Waals surface area contributed by atoms with Gasteiger partial charge in [0.15, 0.2) is 11.5 Å². The normalized spacial score (nSPS) is 13.5. The first kappa shape index (κ1) is 27.1. The van der Waals surface area contributed by atoms with Gasteiger partial charge in [-0.2, -0.15) is 0 Å². The summed E-state index contributed by atoms with van der Waals surface area (Å²) in [6.45, 7) is 10.5. The SMILES string of the molecule is COc1cc(OOc2ccccc2C)ccc1-c1ccc2c(c1COc1cc(F)ccc1C)C(C)=CC(C)(C)N2. The van der Waals surface area contributed by atoms with Gasteiger partial charge in [-0.3, -0.25) is 9.78 Å². The maximum atomic E-state index is 14.0. The quantitative estimate of drug-likeness (QED) is 0.179. The molecule has 1 N–H and O–H groups in total. The van der Waals surface area contributed by atoms with Crippen LogP contribution < -0.4 is 24.6 Å². The van der Waals surface area contributed by atoms with Crippen molar-refractivity contribution in [1.29, 1.82) is 0 Å². The van der Waals surface area contributed by atoms with Crippen molar-refractivity contribution in [2.75, 3.05) is 12.4 Å². The molecule has 1 heterocycles. The number of halogens is 1. The molecule has 206 valence electrons. The molecule has 0 aliphatic carbocycles. The molecule has 0 bridgehead atoms. The molecule has 0 saturated carbocycles. The van der Waals surface area contributed by atoms with Crippen molar-refractivity contribution >= 4 is 11.3 Å². The Labute approximate surface area is 235 Å². The zero-order valence-electron chi connectivity index (χ0n) is 23.7. The molecule has 0 aromatic heterocycles. The highest BCUT2D eigenvalue weighted by Gasteiger charge is 2.27. The molecule has 4 aromatic rings. The molecule has 0 unspecified atom stereocenters. The molecule has 5 rings (SSSR count). The van der Waals surface area contributed by atoms with Crippen LogP contribution in [0.4, 0.5) is 10.1 Å². The van der Waals surface area contributed by atoms with Crippen molar-refractivity contribution in [2.24, 2.45) is 0 Å². The van der Waals surface area contributed by atoms with Crippen LogP contribution in [0.2, 0.25) is 0 Å². The van der Waals surface area contributed by atoms with Gasteiger partial charge in [0.05, 0.1) is 12.6 Å². The third kappa shape index (κ3) is 5.62. The lowest BCUT2D eigenvalue weighted by molar-refractivity contribution is -0.101. The van der Waals surface area contributed by atoms with Gasteiger partial charge in [-0.05, 0) is 87.2 Å². The molecule has 0 fully saturated rings. The molecule has 6 heteroatoms.